The fourth-order valence-electron chi connectivity index (χ4n) is 3.53. The lowest BCUT2D eigenvalue weighted by Crippen LogP contribution is -2.49. The van der Waals surface area contributed by atoms with Crippen LogP contribution in [-0.2, 0) is 16.6 Å². The van der Waals surface area contributed by atoms with Crippen LogP contribution in [-0.4, -0.2) is 43.2 Å². The first-order valence-electron chi connectivity index (χ1n) is 9.23. The summed E-state index contributed by atoms with van der Waals surface area (Å²) in [5, 5.41) is 0. The van der Waals surface area contributed by atoms with Gasteiger partial charge in [-0.05, 0) is 18.2 Å². The van der Waals surface area contributed by atoms with E-state index in [0.717, 1.165) is 12.1 Å². The third-order valence-electron chi connectivity index (χ3n) is 4.93. The Labute approximate surface area is 170 Å². The van der Waals surface area contributed by atoms with Crippen LogP contribution in [0.1, 0.15) is 24.8 Å². The Kier molecular flexibility index (Phi) is 6.32. The van der Waals surface area contributed by atoms with Gasteiger partial charge in [-0.15, -0.1) is 0 Å². The van der Waals surface area contributed by atoms with Gasteiger partial charge in [0.15, 0.2) is 0 Å². The van der Waals surface area contributed by atoms with Gasteiger partial charge in [0.05, 0.1) is 26.1 Å². The molecule has 3 rings (SSSR count). The highest BCUT2D eigenvalue weighted by Gasteiger charge is 2.46. The zero-order valence-corrected chi connectivity index (χ0v) is 16.6. The Morgan fingerprint density at radius 1 is 1.03 bits per heavy atom. The zero-order valence-electron chi connectivity index (χ0n) is 15.8. The van der Waals surface area contributed by atoms with Crippen molar-refractivity contribution in [3.05, 3.63) is 53.7 Å². The second kappa shape index (κ2) is 8.46. The summed E-state index contributed by atoms with van der Waals surface area (Å²) in [6.45, 7) is -0.153. The number of aromatic nitrogens is 1. The van der Waals surface area contributed by atoms with Gasteiger partial charge >= 0.3 is 16.2 Å². The number of hydrogen-bond donors (Lipinski definition) is 0. The lowest BCUT2D eigenvalue weighted by molar-refractivity contribution is -0.807. The Morgan fingerprint density at radius 2 is 1.67 bits per heavy atom. The van der Waals surface area contributed by atoms with Gasteiger partial charge in [-0.3, -0.25) is 0 Å². The van der Waals surface area contributed by atoms with Gasteiger partial charge in [0.1, 0.15) is 23.1 Å². The number of ether oxygens (including phenoxy) is 1. The lowest BCUT2D eigenvalue weighted by atomic mass is 10.2. The molecule has 1 aromatic heterocycles. The third-order valence-corrected chi connectivity index (χ3v) is 7.28. The molecule has 11 heteroatoms. The summed E-state index contributed by atoms with van der Waals surface area (Å²) in [6, 6.07) is 5.09. The van der Waals surface area contributed by atoms with E-state index in [2.05, 4.69) is 4.98 Å². The SMILES string of the molecule is O=S(=O)(c1cc(F)cc(F)c1)[N+]1(Cc2ccnc(OCCC(F)(F)F)c2)CCCC1. The molecule has 164 valence electrons. The molecular formula is C19H20F5N2O3S+. The Bertz CT molecular complexity index is 985. The second-order valence-corrected chi connectivity index (χ2v) is 9.36. The molecular weight excluding hydrogens is 431 g/mol. The van der Waals surface area contributed by atoms with Gasteiger partial charge in [-0.1, -0.05) is 0 Å². The van der Waals surface area contributed by atoms with E-state index < -0.39 is 49.6 Å². The maximum Gasteiger partial charge on any atom is 0.392 e. The molecule has 0 amide bonds. The lowest BCUT2D eigenvalue weighted by Gasteiger charge is -2.32. The van der Waals surface area contributed by atoms with Gasteiger partial charge < -0.3 is 4.74 Å². The quantitative estimate of drug-likeness (QED) is 0.468. The first-order chi connectivity index (χ1) is 14.0. The first kappa shape index (κ1) is 22.4. The number of halogens is 5. The summed E-state index contributed by atoms with van der Waals surface area (Å²) in [5.74, 6) is -2.03. The molecule has 0 bridgehead atoms. The van der Waals surface area contributed by atoms with Crippen LogP contribution in [0.5, 0.6) is 5.88 Å². The van der Waals surface area contributed by atoms with Crippen molar-refractivity contribution in [1.29, 1.82) is 0 Å². The molecule has 5 nitrogen and oxygen atoms in total. The number of rotatable bonds is 7. The third kappa shape index (κ3) is 5.07. The second-order valence-electron chi connectivity index (χ2n) is 7.17. The van der Waals surface area contributed by atoms with Gasteiger partial charge in [-0.2, -0.15) is 21.6 Å². The molecule has 0 spiro atoms. The van der Waals surface area contributed by atoms with E-state index in [-0.39, 0.29) is 25.5 Å². The standard InChI is InChI=1S/C19H20F5N2O3S/c20-15-10-16(21)12-17(11-15)30(27,28)26(6-1-2-7-26)13-14-3-5-25-18(9-14)29-8-4-19(22,23)24/h3,5,9-12H,1-2,4,6-8,13H2/q+1. The number of alkyl halides is 3. The molecule has 2 aromatic rings. The van der Waals surface area contributed by atoms with E-state index in [9.17, 15) is 30.4 Å². The van der Waals surface area contributed by atoms with Crippen LogP contribution in [0.4, 0.5) is 22.0 Å². The Balaban J connectivity index is 1.86. The number of benzene rings is 1. The minimum atomic E-state index is -4.36. The number of hydrogen-bond acceptors (Lipinski definition) is 4. The number of sulfonamides is 1. The highest BCUT2D eigenvalue weighted by Crippen LogP contribution is 2.34. The summed E-state index contributed by atoms with van der Waals surface area (Å²) < 4.78 is 95.3. The topological polar surface area (TPSA) is 56.3 Å². The van der Waals surface area contributed by atoms with Gasteiger partial charge in [0.2, 0.25) is 5.88 Å². The molecule has 1 aliphatic heterocycles. The highest BCUT2D eigenvalue weighted by atomic mass is 32.2. The van der Waals surface area contributed by atoms with Gasteiger partial charge in [-0.25, -0.2) is 17.7 Å². The van der Waals surface area contributed by atoms with Gasteiger partial charge in [0, 0.05) is 36.7 Å². The molecule has 30 heavy (non-hydrogen) atoms. The molecule has 1 aliphatic rings. The number of quaternary nitrogens is 1. The molecule has 1 fully saturated rings. The van der Waals surface area contributed by atoms with Crippen LogP contribution < -0.4 is 4.74 Å². The first-order valence-corrected chi connectivity index (χ1v) is 10.7. The van der Waals surface area contributed by atoms with Crippen LogP contribution in [0.15, 0.2) is 41.4 Å². The summed E-state index contributed by atoms with van der Waals surface area (Å²) >= 11 is 0. The highest BCUT2D eigenvalue weighted by molar-refractivity contribution is 7.86. The molecule has 0 unspecified atom stereocenters. The van der Waals surface area contributed by atoms with Crippen LogP contribution >= 0.6 is 0 Å². The van der Waals surface area contributed by atoms with Crippen molar-refractivity contribution in [1.82, 2.24) is 4.98 Å². The fourth-order valence-corrected chi connectivity index (χ4v) is 5.56. The minimum absolute atomic E-state index is 0.0292. The predicted octanol–water partition coefficient (Wildman–Crippen LogP) is 4.19. The molecule has 0 saturated carbocycles. The maximum absolute atomic E-state index is 13.6. The summed E-state index contributed by atoms with van der Waals surface area (Å²) in [7, 11) is -4.15. The largest absolute Gasteiger partial charge is 0.477 e. The van der Waals surface area contributed by atoms with E-state index in [1.807, 2.05) is 0 Å². The van der Waals surface area contributed by atoms with Crippen molar-refractivity contribution in [3.8, 4) is 5.88 Å². The molecule has 0 N–H and O–H groups in total. The molecule has 0 atom stereocenters. The van der Waals surface area contributed by atoms with Crippen LogP contribution in [0.2, 0.25) is 0 Å². The molecule has 0 aliphatic carbocycles. The van der Waals surface area contributed by atoms with E-state index in [1.54, 1.807) is 0 Å². The average molecular weight is 451 g/mol. The van der Waals surface area contributed by atoms with E-state index in [1.165, 1.54) is 18.3 Å². The van der Waals surface area contributed by atoms with Crippen molar-refractivity contribution >= 4 is 10.0 Å². The molecule has 1 saturated heterocycles. The Morgan fingerprint density at radius 3 is 2.27 bits per heavy atom. The summed E-state index contributed by atoms with van der Waals surface area (Å²) in [6.07, 6.45) is -2.97. The maximum atomic E-state index is 13.6. The molecule has 0 radical (unpaired) electrons. The number of pyridine rings is 1. The normalized spacial score (nSPS) is 16.6. The van der Waals surface area contributed by atoms with Gasteiger partial charge in [0.25, 0.3) is 0 Å². The van der Waals surface area contributed by atoms with E-state index in [0.29, 0.717) is 24.5 Å². The van der Waals surface area contributed by atoms with Crippen molar-refractivity contribution in [2.45, 2.75) is 36.9 Å². The van der Waals surface area contributed by atoms with Crippen LogP contribution in [0, 0.1) is 11.6 Å². The van der Waals surface area contributed by atoms with E-state index >= 15 is 0 Å². The number of nitrogens with zero attached hydrogens (tertiary/aromatic N) is 2. The van der Waals surface area contributed by atoms with Crippen molar-refractivity contribution in [2.24, 2.45) is 0 Å². The fraction of sp³-hybridized carbons (Fsp3) is 0.421. The van der Waals surface area contributed by atoms with Crippen LogP contribution in [0.3, 0.4) is 0 Å². The predicted molar refractivity (Wildman–Crippen MR) is 96.9 cm³/mol. The summed E-state index contributed by atoms with van der Waals surface area (Å²) in [5.41, 5.74) is 0.481. The monoisotopic (exact) mass is 451 g/mol. The van der Waals surface area contributed by atoms with Crippen molar-refractivity contribution in [2.75, 3.05) is 19.7 Å². The van der Waals surface area contributed by atoms with Crippen molar-refractivity contribution in [3.63, 3.8) is 0 Å². The molecule has 1 aromatic carbocycles. The number of likely N-dealkylation sites (tertiary alicyclic amines) is 1. The summed E-state index contributed by atoms with van der Waals surface area (Å²) in [4.78, 5) is 3.41. The Hall–Kier alpha value is -2.27. The average Bonchev–Trinajstić information content (AvgIpc) is 3.10. The molecule has 2 heterocycles. The minimum Gasteiger partial charge on any atom is -0.477 e. The van der Waals surface area contributed by atoms with Crippen molar-refractivity contribution < 1.29 is 39.0 Å². The smallest absolute Gasteiger partial charge is 0.392 e. The zero-order chi connectivity index (χ0) is 22.0. The van der Waals surface area contributed by atoms with Crippen LogP contribution in [0.25, 0.3) is 0 Å². The van der Waals surface area contributed by atoms with E-state index in [4.69, 9.17) is 4.74 Å².